The molecular weight excluding hydrogens is 264 g/mol. The highest BCUT2D eigenvalue weighted by molar-refractivity contribution is 5.96. The van der Waals surface area contributed by atoms with Crippen LogP contribution >= 0.6 is 0 Å². The van der Waals surface area contributed by atoms with Crippen molar-refractivity contribution in [2.45, 2.75) is 26.3 Å². The van der Waals surface area contributed by atoms with Gasteiger partial charge in [-0.3, -0.25) is 4.79 Å². The van der Waals surface area contributed by atoms with Crippen molar-refractivity contribution >= 4 is 17.3 Å². The van der Waals surface area contributed by atoms with Gasteiger partial charge in [0.2, 0.25) is 0 Å². The number of hydrogen-bond donors (Lipinski definition) is 3. The molecule has 0 aromatic heterocycles. The number of carbonyl (C=O) groups is 1. The van der Waals surface area contributed by atoms with Crippen LogP contribution in [0.1, 0.15) is 30.6 Å². The lowest BCUT2D eigenvalue weighted by atomic mass is 10.1. The maximum absolute atomic E-state index is 12.2. The SMILES string of the molecule is CCC(C)N(C)CCNC(=O)c1ccc2c(c1)NCCN2. The van der Waals surface area contributed by atoms with Gasteiger partial charge in [0.25, 0.3) is 5.91 Å². The van der Waals surface area contributed by atoms with Gasteiger partial charge in [-0.1, -0.05) is 6.92 Å². The largest absolute Gasteiger partial charge is 0.382 e. The summed E-state index contributed by atoms with van der Waals surface area (Å²) < 4.78 is 0. The van der Waals surface area contributed by atoms with E-state index in [4.69, 9.17) is 0 Å². The lowest BCUT2D eigenvalue weighted by Crippen LogP contribution is -2.37. The van der Waals surface area contributed by atoms with Gasteiger partial charge in [0.05, 0.1) is 11.4 Å². The highest BCUT2D eigenvalue weighted by Gasteiger charge is 2.12. The molecule has 1 aromatic rings. The first-order valence-electron chi connectivity index (χ1n) is 7.72. The topological polar surface area (TPSA) is 56.4 Å². The highest BCUT2D eigenvalue weighted by atomic mass is 16.1. The lowest BCUT2D eigenvalue weighted by molar-refractivity contribution is 0.0947. The summed E-state index contributed by atoms with van der Waals surface area (Å²) in [5, 5.41) is 9.60. The number of likely N-dealkylation sites (N-methyl/N-ethyl adjacent to an activating group) is 1. The molecule has 5 heteroatoms. The second-order valence-corrected chi connectivity index (χ2v) is 5.61. The van der Waals surface area contributed by atoms with Gasteiger partial charge in [0, 0.05) is 37.8 Å². The molecule has 1 amide bonds. The van der Waals surface area contributed by atoms with E-state index in [1.165, 1.54) is 0 Å². The van der Waals surface area contributed by atoms with Crippen molar-refractivity contribution in [3.05, 3.63) is 23.8 Å². The number of carbonyl (C=O) groups excluding carboxylic acids is 1. The Morgan fingerprint density at radius 2 is 2.05 bits per heavy atom. The number of hydrogen-bond acceptors (Lipinski definition) is 4. The third-order valence-corrected chi connectivity index (χ3v) is 4.13. The number of nitrogens with zero attached hydrogens (tertiary/aromatic N) is 1. The second kappa shape index (κ2) is 7.31. The molecule has 1 aliphatic heterocycles. The molecule has 0 saturated carbocycles. The van der Waals surface area contributed by atoms with Gasteiger partial charge < -0.3 is 20.9 Å². The molecule has 0 fully saturated rings. The van der Waals surface area contributed by atoms with Gasteiger partial charge in [-0.15, -0.1) is 0 Å². The maximum atomic E-state index is 12.2. The van der Waals surface area contributed by atoms with Crippen molar-refractivity contribution in [1.29, 1.82) is 0 Å². The van der Waals surface area contributed by atoms with Crippen LogP contribution in [0.15, 0.2) is 18.2 Å². The Bertz CT molecular complexity index is 489. The van der Waals surface area contributed by atoms with E-state index in [2.05, 4.69) is 41.7 Å². The molecule has 0 radical (unpaired) electrons. The van der Waals surface area contributed by atoms with Gasteiger partial charge in [0.1, 0.15) is 0 Å². The summed E-state index contributed by atoms with van der Waals surface area (Å²) in [7, 11) is 2.09. The molecular formula is C16H26N4O. The van der Waals surface area contributed by atoms with E-state index in [0.29, 0.717) is 18.2 Å². The maximum Gasteiger partial charge on any atom is 0.251 e. The number of fused-ring (bicyclic) bond motifs is 1. The Morgan fingerprint density at radius 3 is 2.76 bits per heavy atom. The average molecular weight is 290 g/mol. The molecule has 1 aromatic carbocycles. The van der Waals surface area contributed by atoms with Crippen LogP contribution in [0.5, 0.6) is 0 Å². The summed E-state index contributed by atoms with van der Waals surface area (Å²) in [6.45, 7) is 7.71. The zero-order chi connectivity index (χ0) is 15.2. The van der Waals surface area contributed by atoms with E-state index in [0.717, 1.165) is 37.4 Å². The number of amides is 1. The van der Waals surface area contributed by atoms with Crippen molar-refractivity contribution in [3.63, 3.8) is 0 Å². The predicted molar refractivity (Wildman–Crippen MR) is 88.1 cm³/mol. The molecule has 1 unspecified atom stereocenters. The van der Waals surface area contributed by atoms with Gasteiger partial charge >= 0.3 is 0 Å². The van der Waals surface area contributed by atoms with Gasteiger partial charge in [-0.2, -0.15) is 0 Å². The summed E-state index contributed by atoms with van der Waals surface area (Å²) >= 11 is 0. The minimum Gasteiger partial charge on any atom is -0.382 e. The number of benzene rings is 1. The third kappa shape index (κ3) is 4.11. The lowest BCUT2D eigenvalue weighted by Gasteiger charge is -2.23. The Kier molecular flexibility index (Phi) is 5.44. The first-order chi connectivity index (χ1) is 10.1. The molecule has 5 nitrogen and oxygen atoms in total. The molecule has 116 valence electrons. The van der Waals surface area contributed by atoms with E-state index >= 15 is 0 Å². The van der Waals surface area contributed by atoms with Crippen molar-refractivity contribution in [2.24, 2.45) is 0 Å². The highest BCUT2D eigenvalue weighted by Crippen LogP contribution is 2.25. The van der Waals surface area contributed by atoms with E-state index in [1.807, 2.05) is 18.2 Å². The van der Waals surface area contributed by atoms with Crippen molar-refractivity contribution < 1.29 is 4.79 Å². The predicted octanol–water partition coefficient (Wildman–Crippen LogP) is 1.98. The first kappa shape index (κ1) is 15.6. The normalized spacial score (nSPS) is 14.9. The number of nitrogens with one attached hydrogen (secondary N) is 3. The van der Waals surface area contributed by atoms with Gasteiger partial charge in [-0.05, 0) is 38.6 Å². The molecule has 1 atom stereocenters. The van der Waals surface area contributed by atoms with Crippen LogP contribution in [-0.2, 0) is 0 Å². The van der Waals surface area contributed by atoms with Gasteiger partial charge in [0.15, 0.2) is 0 Å². The summed E-state index contributed by atoms with van der Waals surface area (Å²) in [5.41, 5.74) is 2.77. The summed E-state index contributed by atoms with van der Waals surface area (Å²) in [5.74, 6) is -0.0114. The molecule has 1 heterocycles. The fourth-order valence-electron chi connectivity index (χ4n) is 2.36. The molecule has 3 N–H and O–H groups in total. The third-order valence-electron chi connectivity index (χ3n) is 4.13. The fraction of sp³-hybridized carbons (Fsp3) is 0.562. The summed E-state index contributed by atoms with van der Waals surface area (Å²) in [6.07, 6.45) is 1.12. The Morgan fingerprint density at radius 1 is 1.33 bits per heavy atom. The second-order valence-electron chi connectivity index (χ2n) is 5.61. The van der Waals surface area contributed by atoms with E-state index < -0.39 is 0 Å². The standard InChI is InChI=1S/C16H26N4O/c1-4-12(2)20(3)10-9-19-16(21)13-5-6-14-15(11-13)18-8-7-17-14/h5-6,11-12,17-18H,4,7-10H2,1-3H3,(H,19,21). The smallest absolute Gasteiger partial charge is 0.251 e. The van der Waals surface area contributed by atoms with E-state index in [1.54, 1.807) is 0 Å². The van der Waals surface area contributed by atoms with Crippen molar-refractivity contribution in [1.82, 2.24) is 10.2 Å². The zero-order valence-corrected chi connectivity index (χ0v) is 13.2. The minimum atomic E-state index is -0.0114. The van der Waals surface area contributed by atoms with Crippen LogP contribution in [0, 0.1) is 0 Å². The van der Waals surface area contributed by atoms with Crippen LogP contribution < -0.4 is 16.0 Å². The quantitative estimate of drug-likeness (QED) is 0.750. The van der Waals surface area contributed by atoms with Crippen molar-refractivity contribution in [3.8, 4) is 0 Å². The van der Waals surface area contributed by atoms with Crippen LogP contribution in [0.2, 0.25) is 0 Å². The fourth-order valence-corrected chi connectivity index (χ4v) is 2.36. The molecule has 0 spiro atoms. The monoisotopic (exact) mass is 290 g/mol. The Hall–Kier alpha value is -1.75. The van der Waals surface area contributed by atoms with Gasteiger partial charge in [-0.25, -0.2) is 0 Å². The Labute approximate surface area is 127 Å². The molecule has 21 heavy (non-hydrogen) atoms. The minimum absolute atomic E-state index is 0.0114. The molecule has 0 saturated heterocycles. The molecule has 0 aliphatic carbocycles. The molecule has 0 bridgehead atoms. The number of rotatable bonds is 6. The van der Waals surface area contributed by atoms with Crippen LogP contribution in [0.4, 0.5) is 11.4 Å². The van der Waals surface area contributed by atoms with Crippen molar-refractivity contribution in [2.75, 3.05) is 43.9 Å². The van der Waals surface area contributed by atoms with E-state index in [9.17, 15) is 4.79 Å². The van der Waals surface area contributed by atoms with Crippen LogP contribution in [-0.4, -0.2) is 50.1 Å². The van der Waals surface area contributed by atoms with Crippen LogP contribution in [0.25, 0.3) is 0 Å². The average Bonchev–Trinajstić information content (AvgIpc) is 2.53. The summed E-state index contributed by atoms with van der Waals surface area (Å²) in [4.78, 5) is 14.4. The van der Waals surface area contributed by atoms with Crippen LogP contribution in [0.3, 0.4) is 0 Å². The zero-order valence-electron chi connectivity index (χ0n) is 13.2. The number of anilines is 2. The summed E-state index contributed by atoms with van der Waals surface area (Å²) in [6, 6.07) is 6.28. The molecule has 2 rings (SSSR count). The first-order valence-corrected chi connectivity index (χ1v) is 7.72. The Balaban J connectivity index is 1.86. The molecule has 1 aliphatic rings. The van der Waals surface area contributed by atoms with E-state index in [-0.39, 0.29) is 5.91 Å².